The first-order valence-electron chi connectivity index (χ1n) is 5.20. The van der Waals surface area contributed by atoms with Crippen molar-refractivity contribution in [3.05, 3.63) is 0 Å². The van der Waals surface area contributed by atoms with Crippen LogP contribution in [0.1, 0.15) is 6.42 Å². The fourth-order valence-electron chi connectivity index (χ4n) is 0.894. The molecule has 4 heteroatoms. The van der Waals surface area contributed by atoms with Gasteiger partial charge < -0.3 is 19.5 Å². The Hall–Kier alpha value is -0.600. The Bertz CT molecular complexity index is 156. The van der Waals surface area contributed by atoms with Gasteiger partial charge >= 0.3 is 0 Å². The third kappa shape index (κ3) is 13.4. The van der Waals surface area contributed by atoms with Crippen molar-refractivity contribution in [3.63, 3.8) is 0 Å². The second-order valence-corrected chi connectivity index (χ2v) is 2.92. The molecule has 0 saturated heterocycles. The average molecular weight is 215 g/mol. The van der Waals surface area contributed by atoms with Gasteiger partial charge in [-0.3, -0.25) is 0 Å². The van der Waals surface area contributed by atoms with Crippen molar-refractivity contribution in [1.82, 2.24) is 5.32 Å². The Kier molecular flexibility index (Phi) is 12.9. The molecule has 88 valence electrons. The fraction of sp³-hybridized carbons (Fsp3) is 0.818. The van der Waals surface area contributed by atoms with E-state index in [1.807, 2.05) is 0 Å². The van der Waals surface area contributed by atoms with Gasteiger partial charge in [-0.15, -0.1) is 12.3 Å². The van der Waals surface area contributed by atoms with E-state index in [4.69, 9.17) is 20.6 Å². The van der Waals surface area contributed by atoms with E-state index in [9.17, 15) is 0 Å². The zero-order valence-electron chi connectivity index (χ0n) is 9.46. The summed E-state index contributed by atoms with van der Waals surface area (Å²) < 4.78 is 15.4. The molecule has 1 N–H and O–H groups in total. The highest BCUT2D eigenvalue weighted by molar-refractivity contribution is 4.83. The van der Waals surface area contributed by atoms with Crippen LogP contribution in [0.3, 0.4) is 0 Å². The Labute approximate surface area is 92.3 Å². The van der Waals surface area contributed by atoms with E-state index < -0.39 is 0 Å². The summed E-state index contributed by atoms with van der Waals surface area (Å²) in [5, 5.41) is 3.17. The van der Waals surface area contributed by atoms with Crippen LogP contribution in [0.2, 0.25) is 0 Å². The largest absolute Gasteiger partial charge is 0.382 e. The molecule has 0 unspecified atom stereocenters. The van der Waals surface area contributed by atoms with Crippen LogP contribution >= 0.6 is 0 Å². The van der Waals surface area contributed by atoms with Crippen LogP contribution < -0.4 is 5.32 Å². The molecule has 0 bridgehead atoms. The summed E-state index contributed by atoms with van der Waals surface area (Å²) in [6, 6.07) is 0. The SMILES string of the molecule is C#CCCNCCOCCOCCOC. The molecule has 0 aliphatic heterocycles. The number of hydrogen-bond donors (Lipinski definition) is 1. The van der Waals surface area contributed by atoms with E-state index in [2.05, 4.69) is 11.2 Å². The minimum Gasteiger partial charge on any atom is -0.382 e. The van der Waals surface area contributed by atoms with Crippen molar-refractivity contribution in [2.45, 2.75) is 6.42 Å². The molecule has 0 amide bonds. The van der Waals surface area contributed by atoms with Crippen molar-refractivity contribution in [3.8, 4) is 12.3 Å². The van der Waals surface area contributed by atoms with Crippen molar-refractivity contribution in [2.24, 2.45) is 0 Å². The molecule has 0 rings (SSSR count). The Balaban J connectivity index is 2.84. The van der Waals surface area contributed by atoms with Crippen LogP contribution in [-0.4, -0.2) is 53.2 Å². The van der Waals surface area contributed by atoms with Crippen LogP contribution in [0.5, 0.6) is 0 Å². The van der Waals surface area contributed by atoms with Gasteiger partial charge in [-0.05, 0) is 0 Å². The van der Waals surface area contributed by atoms with E-state index in [1.54, 1.807) is 7.11 Å². The molecule has 0 radical (unpaired) electrons. The molecule has 0 aliphatic rings. The topological polar surface area (TPSA) is 39.7 Å². The van der Waals surface area contributed by atoms with Crippen molar-refractivity contribution < 1.29 is 14.2 Å². The van der Waals surface area contributed by atoms with Gasteiger partial charge in [0.15, 0.2) is 0 Å². The normalized spacial score (nSPS) is 10.1. The smallest absolute Gasteiger partial charge is 0.0701 e. The quantitative estimate of drug-likeness (QED) is 0.397. The minimum absolute atomic E-state index is 0.619. The Morgan fingerprint density at radius 1 is 1.00 bits per heavy atom. The molecular formula is C11H21NO3. The van der Waals surface area contributed by atoms with E-state index in [0.717, 1.165) is 19.5 Å². The predicted molar refractivity (Wildman–Crippen MR) is 59.8 cm³/mol. The maximum absolute atomic E-state index is 5.31. The standard InChI is InChI=1S/C11H21NO3/c1-3-4-5-12-6-7-14-10-11-15-9-8-13-2/h1,12H,4-11H2,2H3. The molecule has 4 nitrogen and oxygen atoms in total. The van der Waals surface area contributed by atoms with Gasteiger partial charge in [-0.25, -0.2) is 0 Å². The maximum Gasteiger partial charge on any atom is 0.0701 e. The summed E-state index contributed by atoms with van der Waals surface area (Å²) in [4.78, 5) is 0. The first-order valence-corrected chi connectivity index (χ1v) is 5.20. The van der Waals surface area contributed by atoms with Gasteiger partial charge in [-0.2, -0.15) is 0 Å². The third-order valence-corrected chi connectivity index (χ3v) is 1.67. The lowest BCUT2D eigenvalue weighted by molar-refractivity contribution is 0.0256. The van der Waals surface area contributed by atoms with Crippen LogP contribution in [0, 0.1) is 12.3 Å². The molecule has 0 spiro atoms. The summed E-state index contributed by atoms with van der Waals surface area (Å²) in [7, 11) is 1.65. The summed E-state index contributed by atoms with van der Waals surface area (Å²) >= 11 is 0. The fourth-order valence-corrected chi connectivity index (χ4v) is 0.894. The predicted octanol–water partition coefficient (Wildman–Crippen LogP) is 0.279. The first-order chi connectivity index (χ1) is 7.41. The van der Waals surface area contributed by atoms with Gasteiger partial charge in [0.25, 0.3) is 0 Å². The maximum atomic E-state index is 5.31. The number of methoxy groups -OCH3 is 1. The molecule has 0 aliphatic carbocycles. The molecule has 0 aromatic carbocycles. The monoisotopic (exact) mass is 215 g/mol. The van der Waals surface area contributed by atoms with E-state index in [1.165, 1.54) is 0 Å². The minimum atomic E-state index is 0.619. The van der Waals surface area contributed by atoms with E-state index in [0.29, 0.717) is 33.0 Å². The zero-order chi connectivity index (χ0) is 11.2. The molecule has 0 fully saturated rings. The van der Waals surface area contributed by atoms with Crippen LogP contribution in [0.15, 0.2) is 0 Å². The second-order valence-electron chi connectivity index (χ2n) is 2.92. The first kappa shape index (κ1) is 14.4. The van der Waals surface area contributed by atoms with Crippen molar-refractivity contribution >= 4 is 0 Å². The molecule has 0 heterocycles. The van der Waals surface area contributed by atoms with Gasteiger partial charge in [-0.1, -0.05) is 0 Å². The number of hydrogen-bond acceptors (Lipinski definition) is 4. The average Bonchev–Trinajstić information content (AvgIpc) is 2.26. The van der Waals surface area contributed by atoms with Gasteiger partial charge in [0.05, 0.1) is 33.0 Å². The van der Waals surface area contributed by atoms with Crippen LogP contribution in [-0.2, 0) is 14.2 Å². The molecule has 0 aromatic rings. The summed E-state index contributed by atoms with van der Waals surface area (Å²) in [6.07, 6.45) is 5.86. The highest BCUT2D eigenvalue weighted by Crippen LogP contribution is 1.79. The highest BCUT2D eigenvalue weighted by atomic mass is 16.5. The molecule has 0 atom stereocenters. The number of nitrogens with one attached hydrogen (secondary N) is 1. The highest BCUT2D eigenvalue weighted by Gasteiger charge is 1.90. The van der Waals surface area contributed by atoms with Gasteiger partial charge in [0, 0.05) is 26.6 Å². The zero-order valence-corrected chi connectivity index (χ0v) is 9.46. The van der Waals surface area contributed by atoms with E-state index in [-0.39, 0.29) is 0 Å². The number of terminal acetylenes is 1. The van der Waals surface area contributed by atoms with E-state index >= 15 is 0 Å². The lowest BCUT2D eigenvalue weighted by Gasteiger charge is -2.05. The van der Waals surface area contributed by atoms with Crippen molar-refractivity contribution in [2.75, 3.05) is 53.2 Å². The van der Waals surface area contributed by atoms with Gasteiger partial charge in [0.1, 0.15) is 0 Å². The Morgan fingerprint density at radius 2 is 1.67 bits per heavy atom. The lowest BCUT2D eigenvalue weighted by Crippen LogP contribution is -2.21. The number of ether oxygens (including phenoxy) is 3. The van der Waals surface area contributed by atoms with Gasteiger partial charge in [0.2, 0.25) is 0 Å². The lowest BCUT2D eigenvalue weighted by atomic mass is 10.4. The summed E-state index contributed by atoms with van der Waals surface area (Å²) in [5.41, 5.74) is 0. The third-order valence-electron chi connectivity index (χ3n) is 1.67. The summed E-state index contributed by atoms with van der Waals surface area (Å²) in [6.45, 7) is 4.88. The molecule has 0 aromatic heterocycles. The number of rotatable bonds is 11. The van der Waals surface area contributed by atoms with Crippen molar-refractivity contribution in [1.29, 1.82) is 0 Å². The summed E-state index contributed by atoms with van der Waals surface area (Å²) in [5.74, 6) is 2.56. The van der Waals surface area contributed by atoms with Crippen LogP contribution in [0.4, 0.5) is 0 Å². The molecular weight excluding hydrogens is 194 g/mol. The molecule has 0 saturated carbocycles. The van der Waals surface area contributed by atoms with Crippen LogP contribution in [0.25, 0.3) is 0 Å². The Morgan fingerprint density at radius 3 is 2.33 bits per heavy atom. The second kappa shape index (κ2) is 13.4. The molecule has 15 heavy (non-hydrogen) atoms.